The van der Waals surface area contributed by atoms with Crippen molar-refractivity contribution in [1.82, 2.24) is 39.9 Å². The van der Waals surface area contributed by atoms with Crippen LogP contribution in [0.15, 0.2) is 59.6 Å². The fraction of sp³-hybridized carbons (Fsp3) is 0.250. The van der Waals surface area contributed by atoms with Gasteiger partial charge >= 0.3 is 0 Å². The van der Waals surface area contributed by atoms with Gasteiger partial charge in [-0.05, 0) is 60.9 Å². The van der Waals surface area contributed by atoms with Gasteiger partial charge in [-0.1, -0.05) is 17.3 Å². The lowest BCUT2D eigenvalue weighted by Gasteiger charge is -2.27. The number of nitrogens with two attached hydrogens (primary N) is 1. The number of nitrogens with zero attached hydrogens (tertiary/aromatic N) is 6. The van der Waals surface area contributed by atoms with E-state index >= 15 is 0 Å². The number of nitrogens with one attached hydrogen (secondary N) is 2. The number of carbonyl (C=O) groups excluding carboxylic acids is 2. The Hall–Kier alpha value is -5.56. The molecule has 4 aromatic heterocycles. The Labute approximate surface area is 257 Å². The number of aromatic nitrogens is 6. The summed E-state index contributed by atoms with van der Waals surface area (Å²) in [6, 6.07) is 13.9. The number of morpholine rings is 1. The molecule has 13 nitrogen and oxygen atoms in total. The summed E-state index contributed by atoms with van der Waals surface area (Å²) in [6.07, 6.45) is 3.12. The highest BCUT2D eigenvalue weighted by molar-refractivity contribution is 5.97. The monoisotopic (exact) mass is 605 g/mol. The molecule has 1 aliphatic heterocycles. The first-order valence-corrected chi connectivity index (χ1v) is 14.6. The Kier molecular flexibility index (Phi) is 7.22. The number of carbonyl (C=O) groups is 2. The van der Waals surface area contributed by atoms with E-state index in [1.807, 2.05) is 39.8 Å². The van der Waals surface area contributed by atoms with Crippen molar-refractivity contribution in [3.05, 3.63) is 89.0 Å². The molecule has 4 N–H and O–H groups in total. The Balaban J connectivity index is 1.26. The molecule has 5 heterocycles. The number of ether oxygens (including phenoxy) is 1. The Morgan fingerprint density at radius 3 is 2.69 bits per heavy atom. The van der Waals surface area contributed by atoms with E-state index < -0.39 is 0 Å². The number of nitrogen functional groups attached to an aromatic ring is 1. The minimum absolute atomic E-state index is 0.0124. The first kappa shape index (κ1) is 28.2. The molecule has 6 aromatic rings. The number of benzene rings is 2. The van der Waals surface area contributed by atoms with Crippen LogP contribution in [0.3, 0.4) is 0 Å². The van der Waals surface area contributed by atoms with E-state index in [0.717, 1.165) is 33.3 Å². The van der Waals surface area contributed by atoms with Crippen LogP contribution in [0.5, 0.6) is 0 Å². The van der Waals surface area contributed by atoms with Gasteiger partial charge in [-0.2, -0.15) is 0 Å². The maximum Gasteiger partial charge on any atom is 0.257 e. The van der Waals surface area contributed by atoms with Gasteiger partial charge in [0, 0.05) is 29.7 Å². The molecule has 0 aliphatic carbocycles. The van der Waals surface area contributed by atoms with Crippen LogP contribution >= 0.6 is 0 Å². The number of anilines is 1. The zero-order valence-corrected chi connectivity index (χ0v) is 24.8. The minimum Gasteiger partial charge on any atom is -0.382 e. The second-order valence-corrected chi connectivity index (χ2v) is 11.1. The van der Waals surface area contributed by atoms with Gasteiger partial charge in [0.25, 0.3) is 11.8 Å². The molecular weight excluding hydrogens is 574 g/mol. The normalized spacial score (nSPS) is 13.5. The summed E-state index contributed by atoms with van der Waals surface area (Å²) in [4.78, 5) is 44.4. The predicted molar refractivity (Wildman–Crippen MR) is 166 cm³/mol. The van der Waals surface area contributed by atoms with Crippen LogP contribution in [0.1, 0.15) is 43.4 Å². The fourth-order valence-electron chi connectivity index (χ4n) is 5.81. The van der Waals surface area contributed by atoms with Gasteiger partial charge in [-0.25, -0.2) is 15.0 Å². The number of hydrogen-bond acceptors (Lipinski definition) is 9. The van der Waals surface area contributed by atoms with Gasteiger partial charge < -0.3 is 34.8 Å². The first-order chi connectivity index (χ1) is 21.9. The summed E-state index contributed by atoms with van der Waals surface area (Å²) in [5, 5.41) is 7.81. The number of amides is 2. The quantitative estimate of drug-likeness (QED) is 0.246. The Bertz CT molecular complexity index is 2050. The molecule has 0 bridgehead atoms. The van der Waals surface area contributed by atoms with E-state index in [4.69, 9.17) is 15.0 Å². The molecule has 0 atom stereocenters. The van der Waals surface area contributed by atoms with Gasteiger partial charge in [0.05, 0.1) is 43.8 Å². The van der Waals surface area contributed by atoms with E-state index in [1.54, 1.807) is 20.2 Å². The van der Waals surface area contributed by atoms with Crippen molar-refractivity contribution in [3.63, 3.8) is 0 Å². The van der Waals surface area contributed by atoms with Crippen molar-refractivity contribution in [3.8, 4) is 11.1 Å². The van der Waals surface area contributed by atoms with Crippen molar-refractivity contribution < 1.29 is 18.8 Å². The SMILES string of the molecule is Cc1noc(C)c1C(=O)NCc1cc2cc(-c3cccc(C(=O)N4CCOCC4)c3)cc(Cn3cnc4c(N)ncnc43)c2[nH]1. The number of imidazole rings is 1. The molecule has 228 valence electrons. The van der Waals surface area contributed by atoms with Crippen LogP contribution in [0.2, 0.25) is 0 Å². The standard InChI is InChI=1S/C32H31N9O4/c1-18-26(19(2)45-39-18)31(42)34-14-25-13-23-11-22(20-4-3-5-21(10-20)32(43)40-6-8-44-9-7-40)12-24(27(23)38-25)15-41-17-37-28-29(33)35-16-36-30(28)41/h3-5,10-13,16-17,38H,6-9,14-15H2,1-2H3,(H,34,42)(H2,33,35,36). The average Bonchev–Trinajstić information content (AvgIpc) is 3.77. The molecule has 0 unspecified atom stereocenters. The molecule has 2 aromatic carbocycles. The number of hydrogen-bond donors (Lipinski definition) is 3. The van der Waals surface area contributed by atoms with E-state index in [1.165, 1.54) is 6.33 Å². The van der Waals surface area contributed by atoms with E-state index in [9.17, 15) is 9.59 Å². The zero-order chi connectivity index (χ0) is 31.1. The van der Waals surface area contributed by atoms with Gasteiger partial charge in [0.1, 0.15) is 23.2 Å². The van der Waals surface area contributed by atoms with Crippen LogP contribution in [0, 0.1) is 13.8 Å². The first-order valence-electron chi connectivity index (χ1n) is 14.6. The minimum atomic E-state index is -0.255. The highest BCUT2D eigenvalue weighted by atomic mass is 16.5. The maximum absolute atomic E-state index is 13.3. The fourth-order valence-corrected chi connectivity index (χ4v) is 5.81. The summed E-state index contributed by atoms with van der Waals surface area (Å²) >= 11 is 0. The molecule has 13 heteroatoms. The predicted octanol–water partition coefficient (Wildman–Crippen LogP) is 3.61. The smallest absolute Gasteiger partial charge is 0.257 e. The summed E-state index contributed by atoms with van der Waals surface area (Å²) in [5.74, 6) is 0.520. The molecule has 1 aliphatic rings. The average molecular weight is 606 g/mol. The third-order valence-electron chi connectivity index (χ3n) is 8.08. The van der Waals surface area contributed by atoms with Crippen LogP contribution in [0.25, 0.3) is 33.2 Å². The lowest BCUT2D eigenvalue weighted by atomic mass is 9.98. The van der Waals surface area contributed by atoms with E-state index in [2.05, 4.69) is 42.5 Å². The number of H-pyrrole nitrogens is 1. The number of aromatic amines is 1. The molecule has 2 amide bonds. The molecule has 0 spiro atoms. The molecule has 0 saturated carbocycles. The molecule has 1 fully saturated rings. The van der Waals surface area contributed by atoms with Crippen LogP contribution in [-0.4, -0.2) is 72.7 Å². The third-order valence-corrected chi connectivity index (χ3v) is 8.08. The number of aryl methyl sites for hydroxylation is 2. The van der Waals surface area contributed by atoms with Crippen LogP contribution in [0.4, 0.5) is 5.82 Å². The Morgan fingerprint density at radius 2 is 1.89 bits per heavy atom. The van der Waals surface area contributed by atoms with Gasteiger partial charge in [-0.15, -0.1) is 0 Å². The second-order valence-electron chi connectivity index (χ2n) is 11.1. The third kappa shape index (κ3) is 5.38. The van der Waals surface area contributed by atoms with Gasteiger partial charge in [-0.3, -0.25) is 9.59 Å². The van der Waals surface area contributed by atoms with E-state index in [0.29, 0.717) is 72.4 Å². The number of fused-ring (bicyclic) bond motifs is 2. The molecule has 7 rings (SSSR count). The van der Waals surface area contributed by atoms with Gasteiger partial charge in [0.2, 0.25) is 0 Å². The largest absolute Gasteiger partial charge is 0.382 e. The summed E-state index contributed by atoms with van der Waals surface area (Å²) < 4.78 is 12.5. The van der Waals surface area contributed by atoms with Crippen molar-refractivity contribution in [2.75, 3.05) is 32.0 Å². The number of rotatable bonds is 7. The summed E-state index contributed by atoms with van der Waals surface area (Å²) in [5.41, 5.74) is 13.4. The van der Waals surface area contributed by atoms with Crippen LogP contribution < -0.4 is 11.1 Å². The van der Waals surface area contributed by atoms with Crippen LogP contribution in [-0.2, 0) is 17.8 Å². The lowest BCUT2D eigenvalue weighted by Crippen LogP contribution is -2.40. The summed E-state index contributed by atoms with van der Waals surface area (Å²) in [7, 11) is 0. The van der Waals surface area contributed by atoms with Crippen molar-refractivity contribution in [2.24, 2.45) is 0 Å². The van der Waals surface area contributed by atoms with Gasteiger partial charge in [0.15, 0.2) is 11.5 Å². The molecule has 0 radical (unpaired) electrons. The highest BCUT2D eigenvalue weighted by Gasteiger charge is 2.21. The second kappa shape index (κ2) is 11.5. The van der Waals surface area contributed by atoms with E-state index in [-0.39, 0.29) is 18.4 Å². The summed E-state index contributed by atoms with van der Waals surface area (Å²) in [6.45, 7) is 6.40. The maximum atomic E-state index is 13.3. The Morgan fingerprint density at radius 1 is 1.04 bits per heavy atom. The molecule has 45 heavy (non-hydrogen) atoms. The lowest BCUT2D eigenvalue weighted by molar-refractivity contribution is 0.0303. The van der Waals surface area contributed by atoms with Crippen molar-refractivity contribution in [1.29, 1.82) is 0 Å². The van der Waals surface area contributed by atoms with Crippen molar-refractivity contribution >= 4 is 39.7 Å². The zero-order valence-electron chi connectivity index (χ0n) is 24.8. The topological polar surface area (TPSA) is 170 Å². The highest BCUT2D eigenvalue weighted by Crippen LogP contribution is 2.31. The molecule has 1 saturated heterocycles. The van der Waals surface area contributed by atoms with Crippen molar-refractivity contribution in [2.45, 2.75) is 26.9 Å². The molecular formula is C32H31N9O4.